The average molecular weight is 430 g/mol. The van der Waals surface area contributed by atoms with E-state index in [1.165, 1.54) is 6.92 Å². The molecule has 28 heavy (non-hydrogen) atoms. The third-order valence-electron chi connectivity index (χ3n) is 3.82. The van der Waals surface area contributed by atoms with Gasteiger partial charge in [-0.2, -0.15) is 34.8 Å². The smallest absolute Gasteiger partial charge is 0.388 e. The van der Waals surface area contributed by atoms with Crippen LogP contribution >= 0.6 is 0 Å². The lowest BCUT2D eigenvalue weighted by molar-refractivity contribution is -0.137. The molecule has 1 aromatic rings. The van der Waals surface area contributed by atoms with Crippen molar-refractivity contribution in [2.24, 2.45) is 5.16 Å². The fourth-order valence-electron chi connectivity index (χ4n) is 2.39. The number of anilines is 1. The van der Waals surface area contributed by atoms with E-state index in [2.05, 4.69) is 5.16 Å². The van der Waals surface area contributed by atoms with Crippen LogP contribution in [0.1, 0.15) is 37.3 Å². The van der Waals surface area contributed by atoms with E-state index in [1.807, 2.05) is 6.08 Å². The molecule has 0 spiro atoms. The van der Waals surface area contributed by atoms with Crippen LogP contribution in [0.2, 0.25) is 0 Å². The summed E-state index contributed by atoms with van der Waals surface area (Å²) < 4.78 is 101. The molecule has 0 aliphatic heterocycles. The second-order valence-corrected chi connectivity index (χ2v) is 7.66. The second kappa shape index (κ2) is 8.02. The first-order valence-corrected chi connectivity index (χ1v) is 9.47. The van der Waals surface area contributed by atoms with E-state index in [1.54, 1.807) is 6.08 Å². The summed E-state index contributed by atoms with van der Waals surface area (Å²) in [4.78, 5) is 5.23. The van der Waals surface area contributed by atoms with Gasteiger partial charge in [0.15, 0.2) is 0 Å². The lowest BCUT2D eigenvalue weighted by Gasteiger charge is -2.17. The highest BCUT2D eigenvalue weighted by molar-refractivity contribution is 7.93. The number of benzene rings is 1. The molecule has 0 amide bonds. The maximum atomic E-state index is 12.9. The Bertz CT molecular complexity index is 875. The van der Waals surface area contributed by atoms with E-state index in [4.69, 9.17) is 4.84 Å². The zero-order valence-electron chi connectivity index (χ0n) is 14.4. The van der Waals surface area contributed by atoms with Crippen molar-refractivity contribution in [3.63, 3.8) is 0 Å². The monoisotopic (exact) mass is 430 g/mol. The molecule has 0 saturated heterocycles. The van der Waals surface area contributed by atoms with Crippen molar-refractivity contribution in [1.82, 2.24) is 0 Å². The van der Waals surface area contributed by atoms with E-state index < -0.39 is 33.0 Å². The van der Waals surface area contributed by atoms with E-state index in [-0.39, 0.29) is 23.4 Å². The van der Waals surface area contributed by atoms with Crippen LogP contribution < -0.4 is 4.72 Å². The molecule has 0 fully saturated rings. The summed E-state index contributed by atoms with van der Waals surface area (Å²) in [6, 6.07) is 1.72. The average Bonchev–Trinajstić information content (AvgIpc) is 2.58. The van der Waals surface area contributed by atoms with Gasteiger partial charge >= 0.3 is 21.7 Å². The Morgan fingerprint density at radius 1 is 1.21 bits per heavy atom. The van der Waals surface area contributed by atoms with E-state index >= 15 is 0 Å². The highest BCUT2D eigenvalue weighted by Crippen LogP contribution is 2.34. The molecule has 0 aromatic heterocycles. The second-order valence-electron chi connectivity index (χ2n) is 5.99. The molecule has 1 unspecified atom stereocenters. The van der Waals surface area contributed by atoms with Crippen LogP contribution in [0.5, 0.6) is 0 Å². The molecule has 1 N–H and O–H groups in total. The van der Waals surface area contributed by atoms with Gasteiger partial charge in [0.05, 0.1) is 17.0 Å². The van der Waals surface area contributed by atoms with Crippen molar-refractivity contribution in [2.75, 3.05) is 4.72 Å². The minimum Gasteiger partial charge on any atom is -0.388 e. The molecule has 1 aliphatic rings. The third kappa shape index (κ3) is 5.40. The standard InChI is InChI=1S/C16H16F6N2O3S/c1-10(23-27-12-5-3-2-4-6-12)13-8-7-11(15(17,18)19)9-14(13)24-28(25,26)16(20,21)22/h3,5,7-9,12,24H,2,4,6H2,1H3/b23-10+. The first-order chi connectivity index (χ1) is 12.8. The summed E-state index contributed by atoms with van der Waals surface area (Å²) in [5, 5.41) is 3.73. The molecular weight excluding hydrogens is 414 g/mol. The van der Waals surface area contributed by atoms with Gasteiger partial charge in [-0.1, -0.05) is 17.3 Å². The van der Waals surface area contributed by atoms with Crippen molar-refractivity contribution < 1.29 is 39.6 Å². The van der Waals surface area contributed by atoms with Crippen LogP contribution in [0.25, 0.3) is 0 Å². The summed E-state index contributed by atoms with van der Waals surface area (Å²) in [5.74, 6) is 0. The fraction of sp³-hybridized carbons (Fsp3) is 0.438. The zero-order chi connectivity index (χ0) is 21.2. The Balaban J connectivity index is 2.41. The topological polar surface area (TPSA) is 67.8 Å². The molecule has 156 valence electrons. The number of hydrogen-bond acceptors (Lipinski definition) is 4. The van der Waals surface area contributed by atoms with Crippen LogP contribution in [-0.2, 0) is 21.0 Å². The molecule has 12 heteroatoms. The van der Waals surface area contributed by atoms with Crippen molar-refractivity contribution in [2.45, 2.75) is 44.0 Å². The van der Waals surface area contributed by atoms with Crippen molar-refractivity contribution in [3.05, 3.63) is 41.5 Å². The third-order valence-corrected chi connectivity index (χ3v) is 4.92. The summed E-state index contributed by atoms with van der Waals surface area (Å²) in [5.41, 5.74) is -8.29. The maximum Gasteiger partial charge on any atom is 0.516 e. The SMILES string of the molecule is C/C(=N\OC1C=CCCC1)c1ccc(C(F)(F)F)cc1NS(=O)(=O)C(F)(F)F. The van der Waals surface area contributed by atoms with E-state index in [0.29, 0.717) is 12.5 Å². The fourth-order valence-corrected chi connectivity index (χ4v) is 2.96. The minimum absolute atomic E-state index is 0.0902. The number of halogens is 6. The van der Waals surface area contributed by atoms with Crippen LogP contribution in [0.4, 0.5) is 32.0 Å². The number of alkyl halides is 6. The Labute approximate surface area is 157 Å². The zero-order valence-corrected chi connectivity index (χ0v) is 15.2. The Kier molecular flexibility index (Phi) is 6.31. The summed E-state index contributed by atoms with van der Waals surface area (Å²) in [6.45, 7) is 1.28. The van der Waals surface area contributed by atoms with E-state index in [0.717, 1.165) is 23.6 Å². The molecule has 1 aliphatic carbocycles. The van der Waals surface area contributed by atoms with Gasteiger partial charge in [0.2, 0.25) is 0 Å². The van der Waals surface area contributed by atoms with Gasteiger partial charge in [0, 0.05) is 5.56 Å². The Hall–Kier alpha value is -2.24. The van der Waals surface area contributed by atoms with Crippen LogP contribution in [-0.4, -0.2) is 25.7 Å². The van der Waals surface area contributed by atoms with Crippen LogP contribution in [0.3, 0.4) is 0 Å². The molecule has 0 bridgehead atoms. The Morgan fingerprint density at radius 2 is 1.89 bits per heavy atom. The van der Waals surface area contributed by atoms with Gasteiger partial charge < -0.3 is 4.84 Å². The molecule has 0 saturated carbocycles. The largest absolute Gasteiger partial charge is 0.516 e. The normalized spacial score (nSPS) is 18.8. The van der Waals surface area contributed by atoms with Crippen LogP contribution in [0.15, 0.2) is 35.5 Å². The molecular formula is C16H16F6N2O3S. The molecule has 1 atom stereocenters. The van der Waals surface area contributed by atoms with E-state index in [9.17, 15) is 34.8 Å². The van der Waals surface area contributed by atoms with Gasteiger partial charge in [-0.25, -0.2) is 0 Å². The highest BCUT2D eigenvalue weighted by atomic mass is 32.2. The van der Waals surface area contributed by atoms with Crippen molar-refractivity contribution in [3.8, 4) is 0 Å². The summed E-state index contributed by atoms with van der Waals surface area (Å²) in [6.07, 6.45) is 0.685. The summed E-state index contributed by atoms with van der Waals surface area (Å²) >= 11 is 0. The lowest BCUT2D eigenvalue weighted by Crippen LogP contribution is -2.30. The molecule has 1 aromatic carbocycles. The van der Waals surface area contributed by atoms with Crippen molar-refractivity contribution >= 4 is 21.4 Å². The molecule has 5 nitrogen and oxygen atoms in total. The van der Waals surface area contributed by atoms with Crippen molar-refractivity contribution in [1.29, 1.82) is 0 Å². The van der Waals surface area contributed by atoms with Gasteiger partial charge in [0.1, 0.15) is 6.10 Å². The number of rotatable bonds is 5. The summed E-state index contributed by atoms with van der Waals surface area (Å²) in [7, 11) is -5.93. The van der Waals surface area contributed by atoms with Gasteiger partial charge in [0.25, 0.3) is 0 Å². The predicted octanol–water partition coefficient (Wildman–Crippen LogP) is 4.82. The number of oxime groups is 1. The lowest BCUT2D eigenvalue weighted by atomic mass is 10.1. The predicted molar refractivity (Wildman–Crippen MR) is 90.1 cm³/mol. The Morgan fingerprint density at radius 3 is 2.43 bits per heavy atom. The number of allylic oxidation sites excluding steroid dienone is 1. The maximum absolute atomic E-state index is 12.9. The number of nitrogens with zero attached hydrogens (tertiary/aromatic N) is 1. The number of hydrogen-bond donors (Lipinski definition) is 1. The van der Waals surface area contributed by atoms with Gasteiger partial charge in [-0.3, -0.25) is 4.72 Å². The molecule has 0 heterocycles. The number of nitrogens with one attached hydrogen (secondary N) is 1. The first-order valence-electron chi connectivity index (χ1n) is 7.99. The van der Waals surface area contributed by atoms with Gasteiger partial charge in [-0.15, -0.1) is 0 Å². The van der Waals surface area contributed by atoms with Crippen LogP contribution in [0, 0.1) is 0 Å². The first kappa shape index (κ1) is 22.1. The molecule has 0 radical (unpaired) electrons. The highest BCUT2D eigenvalue weighted by Gasteiger charge is 2.46. The molecule has 2 rings (SSSR count). The quantitative estimate of drug-likeness (QED) is 0.315. The number of sulfonamides is 1. The van der Waals surface area contributed by atoms with Gasteiger partial charge in [-0.05, 0) is 44.4 Å². The minimum atomic E-state index is -5.93.